The number of rotatable bonds is 4. The number of hydrogen-bond acceptors (Lipinski definition) is 9. The number of amides is 1. The molecule has 10 nitrogen and oxygen atoms in total. The molecule has 0 aliphatic carbocycles. The first kappa shape index (κ1) is 32.5. The van der Waals surface area contributed by atoms with Crippen LogP contribution in [0.15, 0.2) is 36.4 Å². The Labute approximate surface area is 241 Å². The summed E-state index contributed by atoms with van der Waals surface area (Å²) in [6, 6.07) is 7.82. The summed E-state index contributed by atoms with van der Waals surface area (Å²) in [6.07, 6.45) is 7.39. The third-order valence-corrected chi connectivity index (χ3v) is 5.87. The Morgan fingerprint density at radius 1 is 0.875 bits per heavy atom. The van der Waals surface area contributed by atoms with Gasteiger partial charge in [0.05, 0.1) is 43.5 Å². The molecule has 0 bridgehead atoms. The van der Waals surface area contributed by atoms with Crippen molar-refractivity contribution in [3.8, 4) is 0 Å². The number of nitrogens with one attached hydrogen (secondary N) is 1. The quantitative estimate of drug-likeness (QED) is 0.330. The Bertz CT molecular complexity index is 1260. The van der Waals surface area contributed by atoms with E-state index in [1.807, 2.05) is 39.0 Å². The van der Waals surface area contributed by atoms with Gasteiger partial charge < -0.3 is 24.4 Å². The molecule has 1 N–H and O–H groups in total. The van der Waals surface area contributed by atoms with Crippen LogP contribution in [0.2, 0.25) is 0 Å². The third-order valence-electron chi connectivity index (χ3n) is 5.87. The molecule has 4 rings (SSSR count). The van der Waals surface area contributed by atoms with E-state index in [9.17, 15) is 14.4 Å². The van der Waals surface area contributed by atoms with Gasteiger partial charge in [0.25, 0.3) is 0 Å². The second-order valence-corrected chi connectivity index (χ2v) is 9.98. The molecule has 0 spiro atoms. The molecule has 2 aromatic rings. The van der Waals surface area contributed by atoms with E-state index in [1.165, 1.54) is 31.9 Å². The van der Waals surface area contributed by atoms with Crippen LogP contribution in [0.5, 0.6) is 0 Å². The van der Waals surface area contributed by atoms with Crippen LogP contribution in [-0.4, -0.2) is 65.8 Å². The molecule has 40 heavy (non-hydrogen) atoms. The van der Waals surface area contributed by atoms with Gasteiger partial charge in [0.2, 0.25) is 0 Å². The molecule has 2 aromatic heterocycles. The molecule has 216 valence electrons. The second kappa shape index (κ2) is 15.1. The molecule has 11 heteroatoms. The highest BCUT2D eigenvalue weighted by Crippen LogP contribution is 2.20. The van der Waals surface area contributed by atoms with Gasteiger partial charge in [0, 0.05) is 25.2 Å². The maximum atomic E-state index is 12.2. The van der Waals surface area contributed by atoms with Gasteiger partial charge in [-0.3, -0.25) is 9.97 Å². The highest BCUT2D eigenvalue weighted by molar-refractivity contribution is 5.87. The molecule has 2 aliphatic heterocycles. The van der Waals surface area contributed by atoms with Crippen LogP contribution in [0.25, 0.3) is 12.2 Å². The lowest BCUT2D eigenvalue weighted by Gasteiger charge is -2.30. The SMILES string of the molecule is COC(=O)/C=C/c1ccc2c(n1)CN(C(=O)OC(C)(C)C)CC2.COC(=O)/C=C/c1ccc2c(n1)CNCC2.Cl. The van der Waals surface area contributed by atoms with Gasteiger partial charge in [-0.05, 0) is 75.6 Å². The monoisotopic (exact) mass is 572 g/mol. The topological polar surface area (TPSA) is 120 Å². The first-order chi connectivity index (χ1) is 18.6. The molecule has 0 saturated heterocycles. The van der Waals surface area contributed by atoms with E-state index < -0.39 is 11.6 Å². The molecule has 0 radical (unpaired) electrons. The van der Waals surface area contributed by atoms with Crippen molar-refractivity contribution in [3.63, 3.8) is 0 Å². The van der Waals surface area contributed by atoms with Gasteiger partial charge in [-0.2, -0.15) is 0 Å². The van der Waals surface area contributed by atoms with E-state index in [0.29, 0.717) is 18.8 Å². The Morgan fingerprint density at radius 3 is 1.98 bits per heavy atom. The largest absolute Gasteiger partial charge is 0.466 e. The van der Waals surface area contributed by atoms with Crippen LogP contribution >= 0.6 is 12.4 Å². The number of fused-ring (bicyclic) bond motifs is 2. The number of carbonyl (C=O) groups excluding carboxylic acids is 3. The van der Waals surface area contributed by atoms with E-state index in [0.717, 1.165) is 48.6 Å². The molecule has 0 saturated carbocycles. The zero-order valence-corrected chi connectivity index (χ0v) is 24.4. The predicted octanol–water partition coefficient (Wildman–Crippen LogP) is 3.90. The fraction of sp³-hybridized carbons (Fsp3) is 0.414. The smallest absolute Gasteiger partial charge is 0.410 e. The number of halogens is 1. The molecule has 0 fully saturated rings. The van der Waals surface area contributed by atoms with E-state index in [-0.39, 0.29) is 24.5 Å². The van der Waals surface area contributed by atoms with Crippen LogP contribution in [0, 0.1) is 0 Å². The van der Waals surface area contributed by atoms with E-state index in [1.54, 1.807) is 17.1 Å². The number of methoxy groups -OCH3 is 2. The van der Waals surface area contributed by atoms with Crippen LogP contribution < -0.4 is 5.32 Å². The molecule has 1 amide bonds. The minimum absolute atomic E-state index is 0. The number of nitrogens with zero attached hydrogens (tertiary/aromatic N) is 3. The number of aromatic nitrogens is 2. The van der Waals surface area contributed by atoms with Crippen molar-refractivity contribution in [1.29, 1.82) is 0 Å². The fourth-order valence-corrected chi connectivity index (χ4v) is 3.90. The lowest BCUT2D eigenvalue weighted by molar-refractivity contribution is -0.135. The fourth-order valence-electron chi connectivity index (χ4n) is 3.90. The Hall–Kier alpha value is -3.76. The molecular weight excluding hydrogens is 536 g/mol. The normalized spacial score (nSPS) is 14.3. The van der Waals surface area contributed by atoms with Crippen LogP contribution in [0.1, 0.15) is 54.7 Å². The number of ether oxygens (including phenoxy) is 3. The first-order valence-electron chi connectivity index (χ1n) is 12.8. The first-order valence-corrected chi connectivity index (χ1v) is 12.8. The lowest BCUT2D eigenvalue weighted by Crippen LogP contribution is -2.40. The van der Waals surface area contributed by atoms with Crippen molar-refractivity contribution < 1.29 is 28.6 Å². The Morgan fingerprint density at radius 2 is 1.43 bits per heavy atom. The molecule has 4 heterocycles. The average molecular weight is 573 g/mol. The summed E-state index contributed by atoms with van der Waals surface area (Å²) >= 11 is 0. The van der Waals surface area contributed by atoms with Crippen molar-refractivity contribution in [2.24, 2.45) is 0 Å². The van der Waals surface area contributed by atoms with Gasteiger partial charge in [-0.1, -0.05) is 12.1 Å². The van der Waals surface area contributed by atoms with Crippen molar-refractivity contribution >= 4 is 42.6 Å². The highest BCUT2D eigenvalue weighted by atomic mass is 35.5. The van der Waals surface area contributed by atoms with Crippen molar-refractivity contribution in [1.82, 2.24) is 20.2 Å². The van der Waals surface area contributed by atoms with Crippen LogP contribution in [0.3, 0.4) is 0 Å². The number of esters is 2. The summed E-state index contributed by atoms with van der Waals surface area (Å²) in [7, 11) is 2.68. The predicted molar refractivity (Wildman–Crippen MR) is 154 cm³/mol. The zero-order chi connectivity index (χ0) is 28.4. The summed E-state index contributed by atoms with van der Waals surface area (Å²) in [4.78, 5) is 44.8. The molecule has 0 unspecified atom stereocenters. The minimum Gasteiger partial charge on any atom is -0.466 e. The van der Waals surface area contributed by atoms with Crippen LogP contribution in [0.4, 0.5) is 4.79 Å². The third kappa shape index (κ3) is 10.1. The number of hydrogen-bond donors (Lipinski definition) is 1. The van der Waals surface area contributed by atoms with Crippen LogP contribution in [-0.2, 0) is 49.7 Å². The van der Waals surface area contributed by atoms with Gasteiger partial charge in [0.1, 0.15) is 5.60 Å². The van der Waals surface area contributed by atoms with Gasteiger partial charge in [-0.25, -0.2) is 14.4 Å². The van der Waals surface area contributed by atoms with E-state index in [2.05, 4.69) is 30.8 Å². The highest BCUT2D eigenvalue weighted by Gasteiger charge is 2.26. The summed E-state index contributed by atoms with van der Waals surface area (Å²) in [5.41, 5.74) is 5.21. The van der Waals surface area contributed by atoms with Gasteiger partial charge >= 0.3 is 18.0 Å². The summed E-state index contributed by atoms with van der Waals surface area (Å²) in [5.74, 6) is -0.794. The Kier molecular flexibility index (Phi) is 12.3. The zero-order valence-electron chi connectivity index (χ0n) is 23.6. The van der Waals surface area contributed by atoms with Crippen molar-refractivity contribution in [2.75, 3.05) is 27.3 Å². The summed E-state index contributed by atoms with van der Waals surface area (Å²) < 4.78 is 14.5. The molecule has 0 atom stereocenters. The Balaban J connectivity index is 0.000000290. The lowest BCUT2D eigenvalue weighted by atomic mass is 10.0. The minimum atomic E-state index is -0.518. The van der Waals surface area contributed by atoms with Gasteiger partial charge in [0.15, 0.2) is 0 Å². The summed E-state index contributed by atoms with van der Waals surface area (Å²) in [5, 5.41) is 3.27. The van der Waals surface area contributed by atoms with Crippen molar-refractivity contribution in [2.45, 2.75) is 52.3 Å². The number of carbonyl (C=O) groups is 3. The number of pyridine rings is 2. The second-order valence-electron chi connectivity index (χ2n) is 9.98. The summed E-state index contributed by atoms with van der Waals surface area (Å²) in [6.45, 7) is 8.36. The molecular formula is C29H37ClN4O6. The maximum absolute atomic E-state index is 12.2. The average Bonchev–Trinajstić information content (AvgIpc) is 2.93. The molecule has 2 aliphatic rings. The van der Waals surface area contributed by atoms with E-state index in [4.69, 9.17) is 4.74 Å². The maximum Gasteiger partial charge on any atom is 0.410 e. The standard InChI is InChI=1S/C17H22N2O4.C12H14N2O2.ClH/c1-17(2,3)23-16(21)19-10-9-12-5-6-13(18-14(12)11-19)7-8-15(20)22-4;1-16-12(15)5-4-10-3-2-9-6-7-13-8-11(9)14-10;/h5-8H,9-11H2,1-4H3;2-5,13H,6-8H2,1H3;1H/b8-7+;5-4+;. The van der Waals surface area contributed by atoms with Gasteiger partial charge in [-0.15, -0.1) is 12.4 Å². The van der Waals surface area contributed by atoms with E-state index >= 15 is 0 Å². The van der Waals surface area contributed by atoms with Crippen molar-refractivity contribution in [3.05, 3.63) is 70.3 Å². The molecule has 0 aromatic carbocycles.